The number of urea groups is 1. The topological polar surface area (TPSA) is 114 Å². The molecule has 3 N–H and O–H groups in total. The second-order valence-electron chi connectivity index (χ2n) is 6.43. The molecule has 8 nitrogen and oxygen atoms in total. The normalized spacial score (nSPS) is 16.2. The number of hydrogen-bond acceptors (Lipinski definition) is 6. The van der Waals surface area contributed by atoms with Gasteiger partial charge in [-0.15, -0.1) is 0 Å². The van der Waals surface area contributed by atoms with Gasteiger partial charge in [0.15, 0.2) is 0 Å². The third kappa shape index (κ3) is 4.16. The first kappa shape index (κ1) is 20.2. The molecule has 0 bridgehead atoms. The van der Waals surface area contributed by atoms with E-state index in [-0.39, 0.29) is 35.8 Å². The third-order valence-electron chi connectivity index (χ3n) is 4.62. The minimum absolute atomic E-state index is 0.00529. The van der Waals surface area contributed by atoms with Gasteiger partial charge in [-0.25, -0.2) is 14.4 Å². The number of rotatable bonds is 6. The zero-order valence-electron chi connectivity index (χ0n) is 16.2. The van der Waals surface area contributed by atoms with Crippen LogP contribution in [0.1, 0.15) is 30.6 Å². The van der Waals surface area contributed by atoms with E-state index in [2.05, 4.69) is 10.6 Å². The van der Waals surface area contributed by atoms with Crippen LogP contribution in [0, 0.1) is 0 Å². The summed E-state index contributed by atoms with van der Waals surface area (Å²) in [5.41, 5.74) is 0.367. The summed E-state index contributed by atoms with van der Waals surface area (Å²) in [6.45, 7) is 3.32. The van der Waals surface area contributed by atoms with Crippen LogP contribution in [0.4, 0.5) is 4.79 Å². The van der Waals surface area contributed by atoms with Crippen molar-refractivity contribution < 1.29 is 29.0 Å². The Morgan fingerprint density at radius 2 is 1.83 bits per heavy atom. The van der Waals surface area contributed by atoms with Gasteiger partial charge in [0, 0.05) is 5.39 Å². The van der Waals surface area contributed by atoms with E-state index in [0.717, 1.165) is 5.39 Å². The van der Waals surface area contributed by atoms with E-state index >= 15 is 0 Å². The summed E-state index contributed by atoms with van der Waals surface area (Å²) in [5, 5.41) is 16.9. The van der Waals surface area contributed by atoms with Gasteiger partial charge in [-0.05, 0) is 24.8 Å². The van der Waals surface area contributed by atoms with E-state index in [1.54, 1.807) is 25.1 Å². The van der Waals surface area contributed by atoms with Crippen LogP contribution in [0.25, 0.3) is 10.8 Å². The molecule has 0 fully saturated rings. The minimum atomic E-state index is -0.773. The maximum atomic E-state index is 12.5. The number of nitrogens with one attached hydrogen (secondary N) is 2. The molecule has 3 rings (SSSR count). The number of benzene rings is 2. The fraction of sp³-hybridized carbons (Fsp3) is 0.286. The summed E-state index contributed by atoms with van der Waals surface area (Å²) in [7, 11) is 0. The Kier molecular flexibility index (Phi) is 6.01. The van der Waals surface area contributed by atoms with Crippen LogP contribution in [0.5, 0.6) is 5.75 Å². The average molecular weight is 398 g/mol. The fourth-order valence-corrected chi connectivity index (χ4v) is 3.21. The maximum Gasteiger partial charge on any atom is 0.342 e. The van der Waals surface area contributed by atoms with Crippen LogP contribution in [0.15, 0.2) is 47.7 Å². The predicted octanol–water partition coefficient (Wildman–Crippen LogP) is 2.61. The lowest BCUT2D eigenvalue weighted by Crippen LogP contribution is -2.51. The largest absolute Gasteiger partial charge is 0.506 e. The van der Waals surface area contributed by atoms with Crippen molar-refractivity contribution >= 4 is 28.7 Å². The highest BCUT2D eigenvalue weighted by molar-refractivity contribution is 6.01. The van der Waals surface area contributed by atoms with Crippen molar-refractivity contribution in [1.82, 2.24) is 10.6 Å². The molecule has 29 heavy (non-hydrogen) atoms. The standard InChI is InChI=1S/C21H22N2O6/c1-3-15-17(20(26)28-4-2)16(23-21(27)22-15)11-29-19(25)14-10-9-12-7-5-6-8-13(12)18(14)24/h5-10,15,24H,3-4,11H2,1-2H3,(H2,22,23,27)/t15-/m0/s1. The van der Waals surface area contributed by atoms with Gasteiger partial charge in [0.05, 0.1) is 23.9 Å². The minimum Gasteiger partial charge on any atom is -0.506 e. The van der Waals surface area contributed by atoms with Gasteiger partial charge in [-0.3, -0.25) is 0 Å². The molecule has 1 aliphatic rings. The molecule has 2 aromatic carbocycles. The number of phenolic OH excluding ortho intramolecular Hbond substituents is 1. The molecule has 2 aromatic rings. The van der Waals surface area contributed by atoms with Gasteiger partial charge < -0.3 is 25.2 Å². The molecular weight excluding hydrogens is 376 g/mol. The van der Waals surface area contributed by atoms with Crippen LogP contribution in [-0.2, 0) is 14.3 Å². The van der Waals surface area contributed by atoms with Crippen molar-refractivity contribution in [1.29, 1.82) is 0 Å². The molecule has 152 valence electrons. The highest BCUT2D eigenvalue weighted by atomic mass is 16.5. The van der Waals surface area contributed by atoms with E-state index in [9.17, 15) is 19.5 Å². The Labute approximate surface area is 167 Å². The number of hydrogen-bond donors (Lipinski definition) is 3. The van der Waals surface area contributed by atoms with Crippen molar-refractivity contribution in [2.75, 3.05) is 13.2 Å². The van der Waals surface area contributed by atoms with Crippen LogP contribution < -0.4 is 10.6 Å². The monoisotopic (exact) mass is 398 g/mol. The Morgan fingerprint density at radius 1 is 1.07 bits per heavy atom. The Morgan fingerprint density at radius 3 is 2.55 bits per heavy atom. The molecule has 1 aliphatic heterocycles. The SMILES string of the molecule is CCOC(=O)C1=C(COC(=O)c2ccc3ccccc3c2O)NC(=O)N[C@H]1CC. The molecule has 0 aromatic heterocycles. The van der Waals surface area contributed by atoms with Gasteiger partial charge in [0.2, 0.25) is 0 Å². The summed E-state index contributed by atoms with van der Waals surface area (Å²) in [4.78, 5) is 36.8. The Balaban J connectivity index is 1.86. The van der Waals surface area contributed by atoms with Gasteiger partial charge >= 0.3 is 18.0 Å². The van der Waals surface area contributed by atoms with E-state index < -0.39 is 24.0 Å². The average Bonchev–Trinajstić information content (AvgIpc) is 2.72. The van der Waals surface area contributed by atoms with E-state index in [0.29, 0.717) is 11.8 Å². The first-order valence-corrected chi connectivity index (χ1v) is 9.31. The number of esters is 2. The van der Waals surface area contributed by atoms with Gasteiger partial charge in [0.25, 0.3) is 0 Å². The van der Waals surface area contributed by atoms with Crippen molar-refractivity contribution in [3.63, 3.8) is 0 Å². The summed E-state index contributed by atoms with van der Waals surface area (Å²) < 4.78 is 10.4. The Hall–Kier alpha value is -3.55. The number of amides is 2. The fourth-order valence-electron chi connectivity index (χ4n) is 3.21. The van der Waals surface area contributed by atoms with Crippen molar-refractivity contribution in [2.45, 2.75) is 26.3 Å². The zero-order chi connectivity index (χ0) is 21.0. The highest BCUT2D eigenvalue weighted by Crippen LogP contribution is 2.29. The van der Waals surface area contributed by atoms with Gasteiger partial charge in [0.1, 0.15) is 17.9 Å². The van der Waals surface area contributed by atoms with E-state index in [4.69, 9.17) is 9.47 Å². The smallest absolute Gasteiger partial charge is 0.342 e. The van der Waals surface area contributed by atoms with Crippen molar-refractivity contribution in [2.24, 2.45) is 0 Å². The van der Waals surface area contributed by atoms with Crippen LogP contribution in [0.2, 0.25) is 0 Å². The predicted molar refractivity (Wildman–Crippen MR) is 105 cm³/mol. The molecule has 0 unspecified atom stereocenters. The molecule has 1 atom stereocenters. The third-order valence-corrected chi connectivity index (χ3v) is 4.62. The lowest BCUT2D eigenvalue weighted by molar-refractivity contribution is -0.139. The summed E-state index contributed by atoms with van der Waals surface area (Å²) in [6, 6.07) is 9.22. The summed E-state index contributed by atoms with van der Waals surface area (Å²) in [5.74, 6) is -1.55. The summed E-state index contributed by atoms with van der Waals surface area (Å²) in [6.07, 6.45) is 0.463. The number of fused-ring (bicyclic) bond motifs is 1. The van der Waals surface area contributed by atoms with Gasteiger partial charge in [-0.2, -0.15) is 0 Å². The van der Waals surface area contributed by atoms with E-state index in [1.165, 1.54) is 6.07 Å². The quantitative estimate of drug-likeness (QED) is 0.645. The number of carbonyl (C=O) groups excluding carboxylic acids is 3. The second-order valence-corrected chi connectivity index (χ2v) is 6.43. The number of ether oxygens (including phenoxy) is 2. The van der Waals surface area contributed by atoms with E-state index in [1.807, 2.05) is 19.1 Å². The second kappa shape index (κ2) is 8.64. The maximum absolute atomic E-state index is 12.5. The van der Waals surface area contributed by atoms with Gasteiger partial charge in [-0.1, -0.05) is 37.3 Å². The molecule has 0 radical (unpaired) electrons. The molecule has 8 heteroatoms. The molecule has 0 saturated carbocycles. The zero-order valence-corrected chi connectivity index (χ0v) is 16.2. The highest BCUT2D eigenvalue weighted by Gasteiger charge is 2.32. The van der Waals surface area contributed by atoms with Crippen LogP contribution >= 0.6 is 0 Å². The number of aromatic hydroxyl groups is 1. The Bertz CT molecular complexity index is 998. The molecule has 2 amide bonds. The van der Waals surface area contributed by atoms with Crippen molar-refractivity contribution in [3.05, 3.63) is 53.2 Å². The first-order valence-electron chi connectivity index (χ1n) is 9.31. The molecule has 0 aliphatic carbocycles. The molecule has 1 heterocycles. The molecule has 0 saturated heterocycles. The molecule has 0 spiro atoms. The molecular formula is C21H22N2O6. The van der Waals surface area contributed by atoms with Crippen molar-refractivity contribution in [3.8, 4) is 5.75 Å². The lowest BCUT2D eigenvalue weighted by Gasteiger charge is -2.28. The lowest BCUT2D eigenvalue weighted by atomic mass is 10.0. The number of phenols is 1. The van der Waals surface area contributed by atoms with Crippen LogP contribution in [0.3, 0.4) is 0 Å². The first-order chi connectivity index (χ1) is 14.0. The summed E-state index contributed by atoms with van der Waals surface area (Å²) >= 11 is 0. The van der Waals surface area contributed by atoms with Crippen LogP contribution in [-0.4, -0.2) is 42.3 Å². The number of carbonyl (C=O) groups is 3.